The van der Waals surface area contributed by atoms with Gasteiger partial charge in [0.2, 0.25) is 5.91 Å². The first-order chi connectivity index (χ1) is 14.1. The van der Waals surface area contributed by atoms with E-state index in [4.69, 9.17) is 15.2 Å². The van der Waals surface area contributed by atoms with Crippen molar-refractivity contribution in [3.63, 3.8) is 0 Å². The van der Waals surface area contributed by atoms with Gasteiger partial charge in [-0.2, -0.15) is 0 Å². The number of thioether (sulfide) groups is 1. The number of nitrogens with one attached hydrogen (secondary N) is 1. The third-order valence-electron chi connectivity index (χ3n) is 4.66. The molecule has 3 aromatic rings. The number of rotatable bonds is 7. The number of aromatic amines is 1. The first-order valence-electron chi connectivity index (χ1n) is 9.39. The minimum atomic E-state index is -0.305. The van der Waals surface area contributed by atoms with Crippen LogP contribution in [-0.2, 0) is 11.2 Å². The number of methoxy groups -OCH3 is 1. The van der Waals surface area contributed by atoms with Crippen LogP contribution >= 0.6 is 11.8 Å². The van der Waals surface area contributed by atoms with Crippen molar-refractivity contribution in [1.82, 2.24) is 9.97 Å². The Morgan fingerprint density at radius 1 is 1.31 bits per heavy atom. The van der Waals surface area contributed by atoms with Gasteiger partial charge in [0.1, 0.15) is 22.3 Å². The quantitative estimate of drug-likeness (QED) is 0.619. The highest BCUT2D eigenvalue weighted by Gasteiger charge is 2.24. The minimum absolute atomic E-state index is 0.0910. The second-order valence-electron chi connectivity index (χ2n) is 6.77. The Balaban J connectivity index is 1.60. The fourth-order valence-corrected chi connectivity index (χ4v) is 4.33. The van der Waals surface area contributed by atoms with Crippen molar-refractivity contribution < 1.29 is 14.3 Å². The highest BCUT2D eigenvalue weighted by Crippen LogP contribution is 2.35. The molecule has 1 atom stereocenters. The van der Waals surface area contributed by atoms with E-state index in [1.807, 2.05) is 30.3 Å². The molecular formula is C21H22N4O3S. The molecule has 4 rings (SSSR count). The lowest BCUT2D eigenvalue weighted by atomic mass is 10.2. The summed E-state index contributed by atoms with van der Waals surface area (Å²) in [5.74, 6) is 1.71. The van der Waals surface area contributed by atoms with E-state index in [1.54, 1.807) is 25.1 Å². The van der Waals surface area contributed by atoms with Crippen molar-refractivity contribution in [2.24, 2.45) is 10.7 Å². The van der Waals surface area contributed by atoms with Gasteiger partial charge in [-0.25, -0.2) is 0 Å². The van der Waals surface area contributed by atoms with Crippen molar-refractivity contribution in [3.05, 3.63) is 47.9 Å². The normalized spacial score (nSPS) is 16.1. The standard InChI is InChI=1S/C21H22N4O3S/c1-3-13-4-5-14(10-23-13)28-15-6-12-7-17(25-20(12)18(8-15)27-2)21-24-11-16(29-21)9-19(22)26/h4-8,10,16,25H,3,9,11H2,1-2H3,(H2,22,26). The fourth-order valence-electron chi connectivity index (χ4n) is 3.23. The number of fused-ring (bicyclic) bond motifs is 1. The summed E-state index contributed by atoms with van der Waals surface area (Å²) in [5, 5.41) is 1.92. The van der Waals surface area contributed by atoms with Gasteiger partial charge in [0, 0.05) is 28.8 Å². The van der Waals surface area contributed by atoms with Gasteiger partial charge >= 0.3 is 0 Å². The molecule has 7 nitrogen and oxygen atoms in total. The number of nitrogens with zero attached hydrogens (tertiary/aromatic N) is 2. The molecule has 0 saturated heterocycles. The first-order valence-corrected chi connectivity index (χ1v) is 10.3. The molecule has 29 heavy (non-hydrogen) atoms. The van der Waals surface area contributed by atoms with E-state index >= 15 is 0 Å². The molecule has 1 amide bonds. The summed E-state index contributed by atoms with van der Waals surface area (Å²) in [7, 11) is 1.63. The van der Waals surface area contributed by atoms with Crippen molar-refractivity contribution in [2.45, 2.75) is 25.0 Å². The molecule has 1 aliphatic heterocycles. The third-order valence-corrected chi connectivity index (χ3v) is 5.88. The Morgan fingerprint density at radius 3 is 2.86 bits per heavy atom. The van der Waals surface area contributed by atoms with E-state index < -0.39 is 0 Å². The highest BCUT2D eigenvalue weighted by atomic mass is 32.2. The van der Waals surface area contributed by atoms with Crippen LogP contribution in [0.5, 0.6) is 17.2 Å². The average Bonchev–Trinajstić information content (AvgIpc) is 3.34. The number of aryl methyl sites for hydroxylation is 1. The SMILES string of the molecule is CCc1ccc(Oc2cc(OC)c3[nH]c(C4=NCC(CC(N)=O)S4)cc3c2)cn1. The number of aromatic nitrogens is 2. The molecule has 1 aromatic carbocycles. The van der Waals surface area contributed by atoms with Gasteiger partial charge in [0.15, 0.2) is 0 Å². The second-order valence-corrected chi connectivity index (χ2v) is 8.06. The predicted molar refractivity (Wildman–Crippen MR) is 115 cm³/mol. The monoisotopic (exact) mass is 410 g/mol. The van der Waals surface area contributed by atoms with Crippen LogP contribution in [0.25, 0.3) is 10.9 Å². The highest BCUT2D eigenvalue weighted by molar-refractivity contribution is 8.15. The van der Waals surface area contributed by atoms with E-state index in [-0.39, 0.29) is 11.2 Å². The fraction of sp³-hybridized carbons (Fsp3) is 0.286. The molecule has 0 fully saturated rings. The first kappa shape index (κ1) is 19.3. The van der Waals surface area contributed by atoms with Crippen LogP contribution in [0.15, 0.2) is 41.5 Å². The maximum Gasteiger partial charge on any atom is 0.218 e. The van der Waals surface area contributed by atoms with Crippen LogP contribution in [0.3, 0.4) is 0 Å². The Kier molecular flexibility index (Phi) is 5.44. The van der Waals surface area contributed by atoms with Crippen LogP contribution in [0.4, 0.5) is 0 Å². The molecule has 0 radical (unpaired) electrons. The second kappa shape index (κ2) is 8.16. The number of hydrogen-bond acceptors (Lipinski definition) is 6. The summed E-state index contributed by atoms with van der Waals surface area (Å²) in [6.07, 6.45) is 2.93. The predicted octanol–water partition coefficient (Wildman–Crippen LogP) is 3.66. The molecule has 8 heteroatoms. The summed E-state index contributed by atoms with van der Waals surface area (Å²) >= 11 is 1.57. The zero-order chi connectivity index (χ0) is 20.4. The number of hydrogen-bond donors (Lipinski definition) is 2. The number of H-pyrrole nitrogens is 1. The van der Waals surface area contributed by atoms with Crippen LogP contribution in [0.1, 0.15) is 24.7 Å². The largest absolute Gasteiger partial charge is 0.494 e. The molecule has 1 aliphatic rings. The summed E-state index contributed by atoms with van der Waals surface area (Å²) in [5.41, 5.74) is 8.09. The van der Waals surface area contributed by atoms with E-state index in [0.29, 0.717) is 30.2 Å². The summed E-state index contributed by atoms with van der Waals surface area (Å²) < 4.78 is 11.5. The number of nitrogens with two attached hydrogens (primary N) is 1. The topological polar surface area (TPSA) is 103 Å². The van der Waals surface area contributed by atoms with E-state index in [0.717, 1.165) is 33.8 Å². The molecular weight excluding hydrogens is 388 g/mol. The van der Waals surface area contributed by atoms with Crippen LogP contribution in [0, 0.1) is 0 Å². The zero-order valence-electron chi connectivity index (χ0n) is 16.3. The average molecular weight is 410 g/mol. The van der Waals surface area contributed by atoms with Gasteiger partial charge in [0.05, 0.1) is 31.1 Å². The van der Waals surface area contributed by atoms with Gasteiger partial charge in [-0.05, 0) is 30.7 Å². The Bertz CT molecular complexity index is 1080. The van der Waals surface area contributed by atoms with Crippen LogP contribution in [0.2, 0.25) is 0 Å². The zero-order valence-corrected chi connectivity index (χ0v) is 17.1. The van der Waals surface area contributed by atoms with Gasteiger partial charge in [-0.1, -0.05) is 18.7 Å². The molecule has 0 bridgehead atoms. The third kappa shape index (κ3) is 4.22. The van der Waals surface area contributed by atoms with Crippen molar-refractivity contribution >= 4 is 33.6 Å². The maximum atomic E-state index is 11.2. The van der Waals surface area contributed by atoms with E-state index in [1.165, 1.54) is 0 Å². The number of ether oxygens (including phenoxy) is 2. The maximum absolute atomic E-state index is 11.2. The lowest BCUT2D eigenvalue weighted by Gasteiger charge is -2.09. The molecule has 3 N–H and O–H groups in total. The number of benzene rings is 1. The van der Waals surface area contributed by atoms with Crippen molar-refractivity contribution in [3.8, 4) is 17.2 Å². The van der Waals surface area contributed by atoms with Crippen LogP contribution in [-0.4, -0.2) is 39.8 Å². The van der Waals surface area contributed by atoms with Gasteiger partial charge in [-0.3, -0.25) is 14.8 Å². The Labute approximate surface area is 172 Å². The molecule has 0 spiro atoms. The van der Waals surface area contributed by atoms with E-state index in [9.17, 15) is 4.79 Å². The lowest BCUT2D eigenvalue weighted by Crippen LogP contribution is -2.18. The Hall–Kier alpha value is -3.00. The summed E-state index contributed by atoms with van der Waals surface area (Å²) in [4.78, 5) is 23.5. The van der Waals surface area contributed by atoms with Gasteiger partial charge in [0.25, 0.3) is 0 Å². The number of carbonyl (C=O) groups is 1. The van der Waals surface area contributed by atoms with Crippen LogP contribution < -0.4 is 15.2 Å². The van der Waals surface area contributed by atoms with E-state index in [2.05, 4.69) is 21.9 Å². The number of carbonyl (C=O) groups excluding carboxylic acids is 1. The summed E-state index contributed by atoms with van der Waals surface area (Å²) in [6.45, 7) is 2.65. The molecule has 3 heterocycles. The molecule has 0 saturated carbocycles. The number of pyridine rings is 1. The number of amides is 1. The summed E-state index contributed by atoms with van der Waals surface area (Å²) in [6, 6.07) is 9.68. The minimum Gasteiger partial charge on any atom is -0.494 e. The van der Waals surface area contributed by atoms with Crippen molar-refractivity contribution in [1.29, 1.82) is 0 Å². The van der Waals surface area contributed by atoms with Gasteiger partial charge in [-0.15, -0.1) is 0 Å². The molecule has 0 aliphatic carbocycles. The molecule has 150 valence electrons. The number of aliphatic imine (C=N–C) groups is 1. The smallest absolute Gasteiger partial charge is 0.218 e. The number of primary amides is 1. The molecule has 2 aromatic heterocycles. The molecule has 1 unspecified atom stereocenters. The van der Waals surface area contributed by atoms with Crippen molar-refractivity contribution in [2.75, 3.05) is 13.7 Å². The lowest BCUT2D eigenvalue weighted by molar-refractivity contribution is -0.117. The van der Waals surface area contributed by atoms with Gasteiger partial charge < -0.3 is 20.2 Å². The Morgan fingerprint density at radius 2 is 2.17 bits per heavy atom.